The van der Waals surface area contributed by atoms with E-state index in [4.69, 9.17) is 11.3 Å². The van der Waals surface area contributed by atoms with E-state index in [0.29, 0.717) is 12.8 Å². The molecular formula is C33H44N2O5. The Morgan fingerprint density at radius 1 is 1.02 bits per heavy atom. The number of hydrogen-bond donors (Lipinski definition) is 1. The molecule has 0 unspecified atom stereocenters. The first-order valence-corrected chi connectivity index (χ1v) is 14.7. The molecule has 5 aliphatic rings. The summed E-state index contributed by atoms with van der Waals surface area (Å²) in [5, 5.41) is 2.68. The molecule has 216 valence electrons. The van der Waals surface area contributed by atoms with E-state index in [1.54, 1.807) is 19.1 Å². The third-order valence-electron chi connectivity index (χ3n) is 12.8. The van der Waals surface area contributed by atoms with Crippen LogP contribution in [0.1, 0.15) is 86.5 Å². The number of nitrogens with one attached hydrogen (secondary N) is 1. The van der Waals surface area contributed by atoms with Crippen LogP contribution in [-0.2, 0) is 23.9 Å². The summed E-state index contributed by atoms with van der Waals surface area (Å²) in [4.78, 5) is 58.3. The number of carbonyl (C=O) groups is 4. The Hall–Kier alpha value is -2.75. The summed E-state index contributed by atoms with van der Waals surface area (Å²) >= 11 is 0. The number of nitrogens with zero attached hydrogens (tertiary/aromatic N) is 1. The molecule has 0 aromatic carbocycles. The average Bonchev–Trinajstić information content (AvgIpc) is 2.90. The van der Waals surface area contributed by atoms with Crippen molar-refractivity contribution < 1.29 is 23.9 Å². The van der Waals surface area contributed by atoms with Crippen LogP contribution >= 0.6 is 0 Å². The van der Waals surface area contributed by atoms with Gasteiger partial charge in [-0.25, -0.2) is 4.85 Å². The number of methoxy groups -OCH3 is 1. The topological polar surface area (TPSA) is 93.9 Å². The molecule has 5 aliphatic carbocycles. The number of ether oxygens (including phenoxy) is 1. The van der Waals surface area contributed by atoms with Crippen molar-refractivity contribution in [3.8, 4) is 0 Å². The van der Waals surface area contributed by atoms with Gasteiger partial charge in [0.1, 0.15) is 5.41 Å². The lowest BCUT2D eigenvalue weighted by Gasteiger charge is -2.68. The fourth-order valence-corrected chi connectivity index (χ4v) is 10.4. The lowest BCUT2D eigenvalue weighted by Crippen LogP contribution is -2.66. The van der Waals surface area contributed by atoms with Crippen molar-refractivity contribution in [1.29, 1.82) is 0 Å². The largest absolute Gasteiger partial charge is 0.469 e. The lowest BCUT2D eigenvalue weighted by molar-refractivity contribution is -0.191. The summed E-state index contributed by atoms with van der Waals surface area (Å²) in [6.45, 7) is 20.4. The molecule has 0 heterocycles. The zero-order valence-electron chi connectivity index (χ0n) is 25.3. The molecule has 0 aromatic heterocycles. The molecular weight excluding hydrogens is 504 g/mol. The molecule has 0 bridgehead atoms. The van der Waals surface area contributed by atoms with E-state index in [-0.39, 0.29) is 46.5 Å². The van der Waals surface area contributed by atoms with Crippen LogP contribution < -0.4 is 5.32 Å². The number of ketones is 2. The molecule has 1 N–H and O–H groups in total. The highest BCUT2D eigenvalue weighted by molar-refractivity contribution is 6.15. The number of rotatable bonds is 2. The van der Waals surface area contributed by atoms with Gasteiger partial charge in [0.15, 0.2) is 11.6 Å². The Kier molecular flexibility index (Phi) is 6.21. The quantitative estimate of drug-likeness (QED) is 0.281. The van der Waals surface area contributed by atoms with Crippen molar-refractivity contribution in [2.75, 3.05) is 14.2 Å². The maximum absolute atomic E-state index is 14.5. The highest BCUT2D eigenvalue weighted by atomic mass is 16.5. The molecule has 8 atom stereocenters. The summed E-state index contributed by atoms with van der Waals surface area (Å²) < 4.78 is 5.40. The second-order valence-corrected chi connectivity index (χ2v) is 14.9. The Bertz CT molecular complexity index is 1320. The number of Topliss-reactive ketones (excluding diaryl/α,β-unsaturated/α-hetero) is 1. The fourth-order valence-electron chi connectivity index (χ4n) is 10.4. The van der Waals surface area contributed by atoms with Gasteiger partial charge in [-0.3, -0.25) is 14.4 Å². The maximum Gasteiger partial charge on any atom is 0.312 e. The Balaban J connectivity index is 1.72. The molecule has 5 rings (SSSR count). The number of fused-ring (bicyclic) bond motifs is 7. The van der Waals surface area contributed by atoms with Gasteiger partial charge in [-0.05, 0) is 86.0 Å². The SMILES string of the molecule is [C-]#[N+]C1=C[C@]2(C)C3=CC(=O)[C@@H]4[C@@H]5CC(C)(C)CC[C@]5(C(=O)OC)CC[C@@]4(C)[C@]3(C)CC[C@H]2[C@](C)(C(=O)NC)C1=O. The second kappa shape index (κ2) is 8.63. The predicted octanol–water partition coefficient (Wildman–Crippen LogP) is 5.46. The van der Waals surface area contributed by atoms with E-state index in [2.05, 4.69) is 37.9 Å². The molecule has 3 saturated carbocycles. The van der Waals surface area contributed by atoms with E-state index in [1.165, 1.54) is 14.2 Å². The summed E-state index contributed by atoms with van der Waals surface area (Å²) in [6, 6.07) is 0. The maximum atomic E-state index is 14.5. The third kappa shape index (κ3) is 3.28. The van der Waals surface area contributed by atoms with Gasteiger partial charge in [-0.1, -0.05) is 46.3 Å². The minimum absolute atomic E-state index is 0.0155. The smallest absolute Gasteiger partial charge is 0.312 e. The van der Waals surface area contributed by atoms with Crippen molar-refractivity contribution in [3.05, 3.63) is 34.8 Å². The number of amides is 1. The molecule has 7 heteroatoms. The molecule has 7 nitrogen and oxygen atoms in total. The predicted molar refractivity (Wildman–Crippen MR) is 150 cm³/mol. The van der Waals surface area contributed by atoms with E-state index in [1.807, 2.05) is 6.92 Å². The number of allylic oxidation sites excluding steroid dienone is 4. The Morgan fingerprint density at radius 3 is 2.27 bits per heavy atom. The van der Waals surface area contributed by atoms with Crippen molar-refractivity contribution in [2.45, 2.75) is 86.5 Å². The minimum atomic E-state index is -1.40. The Labute approximate surface area is 238 Å². The number of carbonyl (C=O) groups excluding carboxylic acids is 4. The van der Waals surface area contributed by atoms with E-state index >= 15 is 0 Å². The first kappa shape index (κ1) is 28.8. The van der Waals surface area contributed by atoms with Crippen LogP contribution in [-0.4, -0.2) is 37.6 Å². The van der Waals surface area contributed by atoms with Gasteiger partial charge >= 0.3 is 5.97 Å². The summed E-state index contributed by atoms with van der Waals surface area (Å²) in [5.74, 6) is -1.80. The van der Waals surface area contributed by atoms with E-state index < -0.39 is 32.9 Å². The zero-order valence-corrected chi connectivity index (χ0v) is 25.3. The van der Waals surface area contributed by atoms with Crippen LogP contribution in [0.3, 0.4) is 0 Å². The van der Waals surface area contributed by atoms with Gasteiger partial charge < -0.3 is 14.8 Å². The molecule has 3 fully saturated rings. The van der Waals surface area contributed by atoms with E-state index in [0.717, 1.165) is 37.7 Å². The van der Waals surface area contributed by atoms with Gasteiger partial charge in [0.05, 0.1) is 19.1 Å². The summed E-state index contributed by atoms with van der Waals surface area (Å²) in [7, 11) is 2.98. The summed E-state index contributed by atoms with van der Waals surface area (Å²) in [6.07, 6.45) is 8.74. The molecule has 1 amide bonds. The molecule has 0 spiro atoms. The van der Waals surface area contributed by atoms with Crippen molar-refractivity contribution in [3.63, 3.8) is 0 Å². The van der Waals surface area contributed by atoms with Gasteiger partial charge in [0.25, 0.3) is 0 Å². The Morgan fingerprint density at radius 2 is 1.68 bits per heavy atom. The van der Waals surface area contributed by atoms with Gasteiger partial charge in [0, 0.05) is 18.4 Å². The summed E-state index contributed by atoms with van der Waals surface area (Å²) in [5.41, 5.74) is -2.78. The molecule has 0 saturated heterocycles. The molecule has 0 aromatic rings. The highest BCUT2D eigenvalue weighted by Crippen LogP contribution is 2.74. The number of esters is 1. The second-order valence-electron chi connectivity index (χ2n) is 14.9. The standard InChI is InChI=1S/C33H44N2O5/c1-28(2)12-14-33(27(39)40-9)15-13-31(5)24(19(33)17-28)21(36)16-23-29(3)18-20(34-7)25(37)32(6,26(38)35-8)22(29)10-11-30(23,31)4/h16,18-19,22,24H,10-15,17H2,1-6,8-9H3,(H,35,38)/t19-,22+,24-,29-,30+,31+,32-,33-/m0/s1. The first-order chi connectivity index (χ1) is 18.5. The number of hydrogen-bond acceptors (Lipinski definition) is 5. The molecule has 40 heavy (non-hydrogen) atoms. The monoisotopic (exact) mass is 548 g/mol. The first-order valence-electron chi connectivity index (χ1n) is 14.7. The van der Waals surface area contributed by atoms with Gasteiger partial charge in [-0.15, -0.1) is 0 Å². The highest BCUT2D eigenvalue weighted by Gasteiger charge is 2.72. The van der Waals surface area contributed by atoms with Crippen LogP contribution in [0, 0.1) is 56.8 Å². The van der Waals surface area contributed by atoms with Crippen molar-refractivity contribution >= 4 is 23.4 Å². The van der Waals surface area contributed by atoms with Crippen LogP contribution in [0.15, 0.2) is 23.4 Å². The van der Waals surface area contributed by atoms with Crippen LogP contribution in [0.25, 0.3) is 4.85 Å². The van der Waals surface area contributed by atoms with Crippen molar-refractivity contribution in [1.82, 2.24) is 5.32 Å². The third-order valence-corrected chi connectivity index (χ3v) is 12.8. The normalized spacial score (nSPS) is 45.3. The fraction of sp³-hybridized carbons (Fsp3) is 0.727. The minimum Gasteiger partial charge on any atom is -0.469 e. The van der Waals surface area contributed by atoms with Crippen LogP contribution in [0.5, 0.6) is 0 Å². The van der Waals surface area contributed by atoms with Crippen LogP contribution in [0.4, 0.5) is 0 Å². The molecule has 0 aliphatic heterocycles. The van der Waals surface area contributed by atoms with Gasteiger partial charge in [0.2, 0.25) is 11.6 Å². The van der Waals surface area contributed by atoms with Crippen LogP contribution in [0.2, 0.25) is 0 Å². The molecule has 0 radical (unpaired) electrons. The average molecular weight is 549 g/mol. The zero-order chi connectivity index (χ0) is 29.7. The van der Waals surface area contributed by atoms with Gasteiger partial charge in [-0.2, -0.15) is 0 Å². The van der Waals surface area contributed by atoms with Crippen molar-refractivity contribution in [2.24, 2.45) is 50.2 Å². The van der Waals surface area contributed by atoms with E-state index in [9.17, 15) is 19.2 Å². The lowest BCUT2D eigenvalue weighted by atomic mass is 9.34.